The van der Waals surface area contributed by atoms with Crippen LogP contribution in [0.4, 0.5) is 0 Å². The molecule has 2 unspecified atom stereocenters. The molecule has 0 saturated carbocycles. The van der Waals surface area contributed by atoms with Gasteiger partial charge in [-0.1, -0.05) is 38.3 Å². The molecular formula is C11H15IS. The van der Waals surface area contributed by atoms with Gasteiger partial charge in [-0.3, -0.25) is 0 Å². The Kier molecular flexibility index (Phi) is 5.27. The maximum Gasteiger partial charge on any atom is 0.0394 e. The molecule has 0 bridgehead atoms. The van der Waals surface area contributed by atoms with Gasteiger partial charge in [-0.25, -0.2) is 0 Å². The summed E-state index contributed by atoms with van der Waals surface area (Å²) < 4.78 is 0. The Balaban J connectivity index is 2.57. The van der Waals surface area contributed by atoms with E-state index < -0.39 is 0 Å². The van der Waals surface area contributed by atoms with Crippen molar-refractivity contribution in [1.29, 1.82) is 0 Å². The Morgan fingerprint density at radius 3 is 2.92 bits per heavy atom. The number of hydrogen-bond acceptors (Lipinski definition) is 1. The zero-order valence-electron chi connectivity index (χ0n) is 8.09. The van der Waals surface area contributed by atoms with Gasteiger partial charge in [0.1, 0.15) is 0 Å². The molecule has 0 radical (unpaired) electrons. The van der Waals surface area contributed by atoms with E-state index in [2.05, 4.69) is 58.4 Å². The van der Waals surface area contributed by atoms with Crippen LogP contribution in [0.2, 0.25) is 0 Å². The zero-order valence-corrected chi connectivity index (χ0v) is 11.1. The van der Waals surface area contributed by atoms with Gasteiger partial charge in [0, 0.05) is 27.1 Å². The van der Waals surface area contributed by atoms with Crippen molar-refractivity contribution < 1.29 is 0 Å². The van der Waals surface area contributed by atoms with Gasteiger partial charge in [-0.05, 0) is 32.4 Å². The van der Waals surface area contributed by atoms with Crippen LogP contribution in [0.3, 0.4) is 0 Å². The van der Waals surface area contributed by atoms with Crippen molar-refractivity contribution >= 4 is 30.1 Å². The van der Waals surface area contributed by atoms with Crippen LogP contribution in [0, 0.1) is 28.9 Å². The van der Waals surface area contributed by atoms with Gasteiger partial charge in [-0.2, -0.15) is 0 Å². The Hall–Kier alpha value is 0.380. The third-order valence-electron chi connectivity index (χ3n) is 2.75. The van der Waals surface area contributed by atoms with Crippen LogP contribution >= 0.6 is 30.1 Å². The Bertz CT molecular complexity index is 236. The predicted molar refractivity (Wildman–Crippen MR) is 69.6 cm³/mol. The Morgan fingerprint density at radius 1 is 1.54 bits per heavy atom. The molecule has 1 aliphatic rings. The van der Waals surface area contributed by atoms with Gasteiger partial charge in [0.2, 0.25) is 0 Å². The summed E-state index contributed by atoms with van der Waals surface area (Å²) in [5.41, 5.74) is 0. The first kappa shape index (κ1) is 11.5. The van der Waals surface area contributed by atoms with Crippen molar-refractivity contribution in [2.45, 2.75) is 26.7 Å². The second kappa shape index (κ2) is 5.98. The first-order chi connectivity index (χ1) is 6.27. The first-order valence-electron chi connectivity index (χ1n) is 4.74. The smallest absolute Gasteiger partial charge is 0.0394 e. The lowest BCUT2D eigenvalue weighted by Gasteiger charge is -2.26. The summed E-state index contributed by atoms with van der Waals surface area (Å²) in [4.78, 5) is 0. The molecule has 0 N–H and O–H groups in total. The molecule has 0 aromatic carbocycles. The second-order valence-corrected chi connectivity index (χ2v) is 5.26. The number of hydrogen-bond donors (Lipinski definition) is 0. The van der Waals surface area contributed by atoms with E-state index in [0.29, 0.717) is 5.92 Å². The third-order valence-corrected chi connectivity index (χ3v) is 3.61. The molecule has 0 aromatic rings. The van der Waals surface area contributed by atoms with E-state index >= 15 is 0 Å². The number of halogens is 1. The molecule has 0 aliphatic heterocycles. The summed E-state index contributed by atoms with van der Waals surface area (Å²) in [5, 5.41) is 3.08. The van der Waals surface area contributed by atoms with Crippen LogP contribution in [0.1, 0.15) is 26.7 Å². The summed E-state index contributed by atoms with van der Waals surface area (Å²) in [6.07, 6.45) is 7.13. The van der Waals surface area contributed by atoms with Crippen molar-refractivity contribution in [3.8, 4) is 11.2 Å². The van der Waals surface area contributed by atoms with E-state index in [9.17, 15) is 0 Å². The Labute approximate surface area is 97.5 Å². The molecule has 72 valence electrons. The third kappa shape index (κ3) is 3.55. The summed E-state index contributed by atoms with van der Waals surface area (Å²) >= 11 is 2.22. The highest BCUT2D eigenvalue weighted by Gasteiger charge is 2.20. The van der Waals surface area contributed by atoms with E-state index in [1.165, 1.54) is 12.8 Å². The van der Waals surface area contributed by atoms with Crippen LogP contribution in [0.5, 0.6) is 0 Å². The van der Waals surface area contributed by atoms with E-state index in [0.717, 1.165) is 11.8 Å². The molecule has 0 aromatic heterocycles. The largest absolute Gasteiger partial charge is 0.0842 e. The standard InChI is InChI=1S/C11H15IS/c1-3-11-8-10(6-7-13-12)5-4-9(11)2/h4-5,9-11H,3,8H2,1-2H3/t9-,10?,11?/m0/s1. The van der Waals surface area contributed by atoms with Gasteiger partial charge in [0.25, 0.3) is 0 Å². The number of allylic oxidation sites excluding steroid dienone is 2. The van der Waals surface area contributed by atoms with Crippen molar-refractivity contribution in [3.05, 3.63) is 12.2 Å². The normalized spacial score (nSPS) is 32.4. The van der Waals surface area contributed by atoms with Crippen molar-refractivity contribution in [1.82, 2.24) is 0 Å². The molecule has 1 rings (SSSR count). The lowest BCUT2D eigenvalue weighted by atomic mass is 9.79. The molecule has 0 saturated heterocycles. The zero-order chi connectivity index (χ0) is 9.68. The van der Waals surface area contributed by atoms with Crippen LogP contribution < -0.4 is 0 Å². The summed E-state index contributed by atoms with van der Waals surface area (Å²) in [6.45, 7) is 4.58. The summed E-state index contributed by atoms with van der Waals surface area (Å²) in [5.74, 6) is 5.36. The van der Waals surface area contributed by atoms with E-state index in [1.807, 2.05) is 0 Å². The van der Waals surface area contributed by atoms with Gasteiger partial charge < -0.3 is 0 Å². The molecule has 0 fully saturated rings. The first-order valence-corrected chi connectivity index (χ1v) is 8.10. The second-order valence-electron chi connectivity index (χ2n) is 3.58. The van der Waals surface area contributed by atoms with E-state index in [1.54, 1.807) is 8.93 Å². The molecular weight excluding hydrogens is 291 g/mol. The van der Waals surface area contributed by atoms with E-state index in [-0.39, 0.29) is 0 Å². The predicted octanol–water partition coefficient (Wildman–Crippen LogP) is 4.27. The summed E-state index contributed by atoms with van der Waals surface area (Å²) in [6, 6.07) is 0. The van der Waals surface area contributed by atoms with Gasteiger partial charge in [-0.15, -0.1) is 0 Å². The van der Waals surface area contributed by atoms with E-state index in [4.69, 9.17) is 0 Å². The maximum atomic E-state index is 3.27. The minimum Gasteiger partial charge on any atom is -0.0842 e. The fourth-order valence-corrected chi connectivity index (χ4v) is 2.41. The van der Waals surface area contributed by atoms with Crippen LogP contribution in [-0.2, 0) is 0 Å². The quantitative estimate of drug-likeness (QED) is 0.396. The highest BCUT2D eigenvalue weighted by Crippen LogP contribution is 2.30. The van der Waals surface area contributed by atoms with Crippen molar-refractivity contribution in [2.24, 2.45) is 17.8 Å². The average molecular weight is 306 g/mol. The average Bonchev–Trinajstić information content (AvgIpc) is 2.16. The lowest BCUT2D eigenvalue weighted by molar-refractivity contribution is 0.343. The number of rotatable bonds is 1. The molecule has 0 spiro atoms. The molecule has 0 heterocycles. The van der Waals surface area contributed by atoms with Crippen LogP contribution in [0.25, 0.3) is 0 Å². The summed E-state index contributed by atoms with van der Waals surface area (Å²) in [7, 11) is 1.58. The van der Waals surface area contributed by atoms with Crippen molar-refractivity contribution in [2.75, 3.05) is 0 Å². The van der Waals surface area contributed by atoms with Gasteiger partial charge in [0.05, 0.1) is 0 Å². The highest BCUT2D eigenvalue weighted by atomic mass is 127. The van der Waals surface area contributed by atoms with Crippen LogP contribution in [-0.4, -0.2) is 0 Å². The van der Waals surface area contributed by atoms with Crippen molar-refractivity contribution in [3.63, 3.8) is 0 Å². The molecule has 0 amide bonds. The fourth-order valence-electron chi connectivity index (χ4n) is 1.83. The SMILES string of the molecule is CCC1CC(C#CSI)C=C[C@@H]1C. The van der Waals surface area contributed by atoms with Crippen LogP contribution in [0.15, 0.2) is 12.2 Å². The minimum absolute atomic E-state index is 0.503. The highest BCUT2D eigenvalue weighted by molar-refractivity contribution is 14.2. The topological polar surface area (TPSA) is 0 Å². The molecule has 3 atom stereocenters. The maximum absolute atomic E-state index is 3.27. The Morgan fingerprint density at radius 2 is 2.31 bits per heavy atom. The lowest BCUT2D eigenvalue weighted by Crippen LogP contribution is -2.17. The minimum atomic E-state index is 0.503. The molecule has 1 aliphatic carbocycles. The molecule has 0 nitrogen and oxygen atoms in total. The fraction of sp³-hybridized carbons (Fsp3) is 0.636. The van der Waals surface area contributed by atoms with Gasteiger partial charge in [0.15, 0.2) is 0 Å². The van der Waals surface area contributed by atoms with Gasteiger partial charge >= 0.3 is 0 Å². The monoisotopic (exact) mass is 306 g/mol. The molecule has 13 heavy (non-hydrogen) atoms. The molecule has 2 heteroatoms.